The van der Waals surface area contributed by atoms with Crippen molar-refractivity contribution in [2.24, 2.45) is 10.7 Å². The summed E-state index contributed by atoms with van der Waals surface area (Å²) in [4.78, 5) is 8.69. The summed E-state index contributed by atoms with van der Waals surface area (Å²) in [7, 11) is 0. The maximum atomic E-state index is 7.18. The summed E-state index contributed by atoms with van der Waals surface area (Å²) in [6.07, 6.45) is 1.71. The monoisotopic (exact) mass is 302 g/mol. The van der Waals surface area contributed by atoms with Crippen LogP contribution < -0.4 is 16.4 Å². The van der Waals surface area contributed by atoms with Crippen molar-refractivity contribution in [3.63, 3.8) is 0 Å². The summed E-state index contributed by atoms with van der Waals surface area (Å²) in [5.41, 5.74) is 8.00. The average Bonchev–Trinajstić information content (AvgIpc) is 2.87. The number of thiazole rings is 1. The van der Waals surface area contributed by atoms with E-state index in [0.717, 1.165) is 16.9 Å². The van der Waals surface area contributed by atoms with Crippen molar-refractivity contribution < 1.29 is 0 Å². The van der Waals surface area contributed by atoms with Gasteiger partial charge in [0.2, 0.25) is 0 Å². The molecule has 6 nitrogen and oxygen atoms in total. The van der Waals surface area contributed by atoms with Crippen molar-refractivity contribution in [2.75, 3.05) is 5.32 Å². The normalized spacial score (nSPS) is 11.0. The van der Waals surface area contributed by atoms with Gasteiger partial charge in [0.05, 0.1) is 17.7 Å². The number of aliphatic imine (C=N–C) groups is 1. The minimum Gasteiger partial charge on any atom is -0.374 e. The summed E-state index contributed by atoms with van der Waals surface area (Å²) in [6, 6.07) is 8.18. The van der Waals surface area contributed by atoms with E-state index < -0.39 is 0 Å². The number of nitrogens with two attached hydrogens (primary N) is 1. The van der Waals surface area contributed by atoms with E-state index in [-0.39, 0.29) is 5.96 Å². The van der Waals surface area contributed by atoms with Gasteiger partial charge in [0, 0.05) is 17.0 Å². The molecular formula is C14H18N6S. The molecule has 110 valence electrons. The molecule has 1 heterocycles. The van der Waals surface area contributed by atoms with E-state index in [0.29, 0.717) is 11.2 Å². The SMILES string of the molecule is CC(C)N/C=N/c1ccc(-c2csc(NC(=N)N)n2)cc1. The Morgan fingerprint density at radius 1 is 1.38 bits per heavy atom. The van der Waals surface area contributed by atoms with Gasteiger partial charge in [-0.05, 0) is 26.0 Å². The first-order valence-corrected chi connectivity index (χ1v) is 7.38. The Balaban J connectivity index is 2.06. The van der Waals surface area contributed by atoms with Crippen LogP contribution in [0.1, 0.15) is 13.8 Å². The van der Waals surface area contributed by atoms with Crippen molar-refractivity contribution in [1.29, 1.82) is 5.41 Å². The lowest BCUT2D eigenvalue weighted by atomic mass is 10.1. The standard InChI is InChI=1S/C14H18N6S/c1-9(2)17-8-18-11-5-3-10(4-6-11)12-7-21-14(19-12)20-13(15)16/h3-9H,1-2H3,(H,17,18)(H4,15,16,19,20). The molecule has 0 fully saturated rings. The molecule has 7 heteroatoms. The van der Waals surface area contributed by atoms with E-state index in [4.69, 9.17) is 11.1 Å². The first-order chi connectivity index (χ1) is 10.0. The Morgan fingerprint density at radius 3 is 2.71 bits per heavy atom. The number of rotatable bonds is 5. The van der Waals surface area contributed by atoms with Crippen LogP contribution in [0, 0.1) is 5.41 Å². The molecule has 0 amide bonds. The van der Waals surface area contributed by atoms with E-state index in [1.54, 1.807) is 6.34 Å². The largest absolute Gasteiger partial charge is 0.374 e. The number of benzene rings is 1. The third-order valence-corrected chi connectivity index (χ3v) is 3.29. The molecule has 0 spiro atoms. The van der Waals surface area contributed by atoms with Crippen LogP contribution in [0.15, 0.2) is 34.6 Å². The smallest absolute Gasteiger partial charge is 0.192 e. The van der Waals surface area contributed by atoms with Gasteiger partial charge < -0.3 is 16.4 Å². The van der Waals surface area contributed by atoms with Crippen molar-refractivity contribution in [3.8, 4) is 11.3 Å². The van der Waals surface area contributed by atoms with Gasteiger partial charge in [0.1, 0.15) is 0 Å². The topological polar surface area (TPSA) is 99.2 Å². The quantitative estimate of drug-likeness (QED) is 0.504. The van der Waals surface area contributed by atoms with Crippen molar-refractivity contribution in [2.45, 2.75) is 19.9 Å². The highest BCUT2D eigenvalue weighted by molar-refractivity contribution is 7.14. The summed E-state index contributed by atoms with van der Waals surface area (Å²) >= 11 is 1.41. The number of nitrogens with one attached hydrogen (secondary N) is 3. The van der Waals surface area contributed by atoms with Gasteiger partial charge in [-0.1, -0.05) is 12.1 Å². The van der Waals surface area contributed by atoms with Crippen LogP contribution in [0.3, 0.4) is 0 Å². The summed E-state index contributed by atoms with van der Waals surface area (Å²) in [5, 5.41) is 15.5. The molecule has 0 atom stereocenters. The average molecular weight is 302 g/mol. The molecule has 1 aromatic heterocycles. The molecule has 0 saturated heterocycles. The summed E-state index contributed by atoms with van der Waals surface area (Å²) < 4.78 is 0. The molecule has 0 radical (unpaired) electrons. The lowest BCUT2D eigenvalue weighted by molar-refractivity contribution is 0.744. The molecule has 2 rings (SSSR count). The van der Waals surface area contributed by atoms with Gasteiger partial charge in [0.15, 0.2) is 11.1 Å². The minimum atomic E-state index is -0.113. The minimum absolute atomic E-state index is 0.113. The van der Waals surface area contributed by atoms with Crippen LogP contribution in [0.4, 0.5) is 10.8 Å². The van der Waals surface area contributed by atoms with Gasteiger partial charge in [-0.15, -0.1) is 11.3 Å². The number of hydrogen-bond acceptors (Lipinski definition) is 4. The van der Waals surface area contributed by atoms with Gasteiger partial charge in [-0.2, -0.15) is 0 Å². The third kappa shape index (κ3) is 4.57. The zero-order valence-corrected chi connectivity index (χ0v) is 12.7. The molecule has 0 unspecified atom stereocenters. The molecule has 1 aromatic carbocycles. The number of hydrogen-bond donors (Lipinski definition) is 4. The highest BCUT2D eigenvalue weighted by Crippen LogP contribution is 2.26. The fourth-order valence-electron chi connectivity index (χ4n) is 1.56. The summed E-state index contributed by atoms with van der Waals surface area (Å²) in [6.45, 7) is 4.12. The molecular weight excluding hydrogens is 284 g/mol. The molecule has 5 N–H and O–H groups in total. The highest BCUT2D eigenvalue weighted by Gasteiger charge is 2.04. The molecule has 0 aliphatic heterocycles. The number of guanidine groups is 1. The Morgan fingerprint density at radius 2 is 2.10 bits per heavy atom. The van der Waals surface area contributed by atoms with E-state index in [2.05, 4.69) is 34.5 Å². The predicted octanol–water partition coefficient (Wildman–Crippen LogP) is 2.77. The van der Waals surface area contributed by atoms with Crippen molar-refractivity contribution in [1.82, 2.24) is 10.3 Å². The number of aromatic nitrogens is 1. The predicted molar refractivity (Wildman–Crippen MR) is 89.5 cm³/mol. The highest BCUT2D eigenvalue weighted by atomic mass is 32.1. The van der Waals surface area contributed by atoms with Crippen LogP contribution in [0.25, 0.3) is 11.3 Å². The fraction of sp³-hybridized carbons (Fsp3) is 0.214. The molecule has 2 aromatic rings. The Bertz CT molecular complexity index is 629. The van der Waals surface area contributed by atoms with Crippen LogP contribution in [-0.4, -0.2) is 23.3 Å². The van der Waals surface area contributed by atoms with E-state index >= 15 is 0 Å². The number of nitrogens with zero attached hydrogens (tertiary/aromatic N) is 2. The molecule has 0 bridgehead atoms. The molecule has 21 heavy (non-hydrogen) atoms. The lowest BCUT2D eigenvalue weighted by Crippen LogP contribution is -2.20. The Kier molecular flexibility index (Phi) is 4.89. The van der Waals surface area contributed by atoms with E-state index in [1.807, 2.05) is 29.6 Å². The first kappa shape index (κ1) is 15.0. The third-order valence-electron chi connectivity index (χ3n) is 2.53. The van der Waals surface area contributed by atoms with Crippen LogP contribution in [0.5, 0.6) is 0 Å². The van der Waals surface area contributed by atoms with Gasteiger partial charge in [-0.25, -0.2) is 9.98 Å². The zero-order valence-electron chi connectivity index (χ0n) is 11.9. The Hall–Kier alpha value is -2.41. The second-order valence-electron chi connectivity index (χ2n) is 4.70. The molecule has 0 aliphatic rings. The lowest BCUT2D eigenvalue weighted by Gasteiger charge is -2.02. The first-order valence-electron chi connectivity index (χ1n) is 6.50. The maximum Gasteiger partial charge on any atom is 0.192 e. The maximum absolute atomic E-state index is 7.18. The van der Waals surface area contributed by atoms with Crippen LogP contribution in [0.2, 0.25) is 0 Å². The van der Waals surface area contributed by atoms with Gasteiger partial charge in [-0.3, -0.25) is 5.41 Å². The second kappa shape index (κ2) is 6.85. The molecule has 0 aliphatic carbocycles. The van der Waals surface area contributed by atoms with E-state index in [9.17, 15) is 0 Å². The van der Waals surface area contributed by atoms with Crippen LogP contribution in [-0.2, 0) is 0 Å². The summed E-state index contributed by atoms with van der Waals surface area (Å²) in [5.74, 6) is -0.113. The van der Waals surface area contributed by atoms with Crippen molar-refractivity contribution in [3.05, 3.63) is 29.6 Å². The van der Waals surface area contributed by atoms with Gasteiger partial charge >= 0.3 is 0 Å². The molecule has 0 saturated carbocycles. The zero-order chi connectivity index (χ0) is 15.2. The van der Waals surface area contributed by atoms with Crippen molar-refractivity contribution >= 4 is 34.5 Å². The second-order valence-corrected chi connectivity index (χ2v) is 5.56. The van der Waals surface area contributed by atoms with Crippen LogP contribution >= 0.6 is 11.3 Å². The van der Waals surface area contributed by atoms with Gasteiger partial charge in [0.25, 0.3) is 0 Å². The number of anilines is 1. The van der Waals surface area contributed by atoms with E-state index in [1.165, 1.54) is 11.3 Å². The fourth-order valence-corrected chi connectivity index (χ4v) is 2.29. The Labute approximate surface area is 127 Å².